The molecule has 1 saturated heterocycles. The van der Waals surface area contributed by atoms with Crippen LogP contribution in [0.15, 0.2) is 37.0 Å². The molecule has 0 spiro atoms. The van der Waals surface area contributed by atoms with E-state index >= 15 is 0 Å². The average molecular weight is 234 g/mol. The van der Waals surface area contributed by atoms with Gasteiger partial charge in [-0.3, -0.25) is 4.90 Å². The first kappa shape index (κ1) is 14.2. The zero-order valence-electron chi connectivity index (χ0n) is 11.2. The van der Waals surface area contributed by atoms with Gasteiger partial charge in [-0.2, -0.15) is 0 Å². The molecule has 2 heteroatoms. The minimum Gasteiger partial charge on any atom is -0.305 e. The van der Waals surface area contributed by atoms with Crippen LogP contribution in [0.1, 0.15) is 19.3 Å². The highest BCUT2D eigenvalue weighted by Gasteiger charge is 2.09. The molecule has 0 unspecified atom stereocenters. The molecule has 1 aliphatic heterocycles. The highest BCUT2D eigenvalue weighted by molar-refractivity contribution is 5.11. The van der Waals surface area contributed by atoms with Gasteiger partial charge in [-0.15, -0.1) is 0 Å². The van der Waals surface area contributed by atoms with Gasteiger partial charge in [0.2, 0.25) is 0 Å². The van der Waals surface area contributed by atoms with Gasteiger partial charge in [-0.1, -0.05) is 37.0 Å². The summed E-state index contributed by atoms with van der Waals surface area (Å²) in [5, 5.41) is 0. The highest BCUT2D eigenvalue weighted by Crippen LogP contribution is 2.04. The zero-order valence-corrected chi connectivity index (χ0v) is 11.2. The van der Waals surface area contributed by atoms with Crippen LogP contribution < -0.4 is 0 Å². The van der Waals surface area contributed by atoms with Gasteiger partial charge in [-0.05, 0) is 39.4 Å². The Balaban J connectivity index is 2.14. The van der Waals surface area contributed by atoms with Crippen molar-refractivity contribution in [3.8, 4) is 0 Å². The summed E-state index contributed by atoms with van der Waals surface area (Å²) in [6.07, 6.45) is 9.81. The van der Waals surface area contributed by atoms with E-state index in [4.69, 9.17) is 0 Å². The van der Waals surface area contributed by atoms with Crippen molar-refractivity contribution in [2.75, 3.05) is 39.8 Å². The van der Waals surface area contributed by atoms with Crippen molar-refractivity contribution in [3.63, 3.8) is 0 Å². The van der Waals surface area contributed by atoms with Gasteiger partial charge in [-0.25, -0.2) is 0 Å². The lowest BCUT2D eigenvalue weighted by atomic mass is 10.1. The third-order valence-corrected chi connectivity index (χ3v) is 3.26. The summed E-state index contributed by atoms with van der Waals surface area (Å²) in [5.74, 6) is 0. The summed E-state index contributed by atoms with van der Waals surface area (Å²) in [4.78, 5) is 4.94. The molecule has 1 heterocycles. The Morgan fingerprint density at radius 1 is 1.18 bits per heavy atom. The van der Waals surface area contributed by atoms with E-state index in [1.807, 2.05) is 6.08 Å². The summed E-state index contributed by atoms with van der Waals surface area (Å²) < 4.78 is 0. The topological polar surface area (TPSA) is 6.48 Å². The molecule has 0 saturated carbocycles. The van der Waals surface area contributed by atoms with Crippen molar-refractivity contribution >= 4 is 0 Å². The van der Waals surface area contributed by atoms with Crippen LogP contribution in [0.5, 0.6) is 0 Å². The largest absolute Gasteiger partial charge is 0.305 e. The standard InChI is InChI=1S/C15H26N2/c1-4-15(2)9-6-5-7-11-17-12-8-10-16(3)13-14-17/h4-5,7H,1-2,6,8-14H2,3H3/b7-5-. The molecule has 1 fully saturated rings. The predicted octanol–water partition coefficient (Wildman–Crippen LogP) is 2.70. The third kappa shape index (κ3) is 6.44. The molecule has 0 aromatic heterocycles. The van der Waals surface area contributed by atoms with E-state index in [2.05, 4.69) is 42.2 Å². The van der Waals surface area contributed by atoms with Crippen molar-refractivity contribution in [1.82, 2.24) is 9.80 Å². The van der Waals surface area contributed by atoms with Gasteiger partial charge in [0.1, 0.15) is 0 Å². The first-order valence-electron chi connectivity index (χ1n) is 6.58. The van der Waals surface area contributed by atoms with Gasteiger partial charge in [0.05, 0.1) is 0 Å². The number of likely N-dealkylation sites (N-methyl/N-ethyl adjacent to an activating group) is 1. The molecule has 0 aromatic carbocycles. The number of allylic oxidation sites excluding steroid dienone is 3. The van der Waals surface area contributed by atoms with Gasteiger partial charge in [0.15, 0.2) is 0 Å². The number of nitrogens with zero attached hydrogens (tertiary/aromatic N) is 2. The van der Waals surface area contributed by atoms with Crippen LogP contribution in [0.25, 0.3) is 0 Å². The van der Waals surface area contributed by atoms with E-state index < -0.39 is 0 Å². The molecule has 0 aromatic rings. The van der Waals surface area contributed by atoms with Crippen molar-refractivity contribution in [3.05, 3.63) is 37.0 Å². The van der Waals surface area contributed by atoms with E-state index in [-0.39, 0.29) is 0 Å². The van der Waals surface area contributed by atoms with Gasteiger partial charge in [0.25, 0.3) is 0 Å². The lowest BCUT2D eigenvalue weighted by Gasteiger charge is -2.17. The third-order valence-electron chi connectivity index (χ3n) is 3.26. The second-order valence-corrected chi connectivity index (χ2v) is 4.83. The molecular weight excluding hydrogens is 208 g/mol. The van der Waals surface area contributed by atoms with Crippen molar-refractivity contribution in [2.24, 2.45) is 0 Å². The second kappa shape index (κ2) is 8.26. The van der Waals surface area contributed by atoms with Crippen LogP contribution in [-0.2, 0) is 0 Å². The Morgan fingerprint density at radius 3 is 2.76 bits per heavy atom. The quantitative estimate of drug-likeness (QED) is 0.515. The van der Waals surface area contributed by atoms with Gasteiger partial charge in [0, 0.05) is 19.6 Å². The molecule has 2 nitrogen and oxygen atoms in total. The second-order valence-electron chi connectivity index (χ2n) is 4.83. The Morgan fingerprint density at radius 2 is 2.00 bits per heavy atom. The van der Waals surface area contributed by atoms with Crippen LogP contribution in [-0.4, -0.2) is 49.6 Å². The number of hydrogen-bond donors (Lipinski definition) is 0. The zero-order chi connectivity index (χ0) is 12.5. The lowest BCUT2D eigenvalue weighted by molar-refractivity contribution is 0.300. The maximum absolute atomic E-state index is 3.91. The fraction of sp³-hybridized carbons (Fsp3) is 0.600. The molecule has 1 rings (SSSR count). The molecular formula is C15H26N2. The van der Waals surface area contributed by atoms with Gasteiger partial charge < -0.3 is 4.90 Å². The van der Waals surface area contributed by atoms with Crippen LogP contribution in [0.4, 0.5) is 0 Å². The van der Waals surface area contributed by atoms with Crippen LogP contribution in [0, 0.1) is 0 Å². The maximum atomic E-state index is 3.91. The van der Waals surface area contributed by atoms with E-state index in [0.29, 0.717) is 0 Å². The maximum Gasteiger partial charge on any atom is 0.0163 e. The molecule has 1 aliphatic rings. The first-order valence-corrected chi connectivity index (χ1v) is 6.58. The normalized spacial score (nSPS) is 19.4. The molecule has 0 amide bonds. The molecule has 17 heavy (non-hydrogen) atoms. The van der Waals surface area contributed by atoms with E-state index in [1.165, 1.54) is 32.6 Å². The highest BCUT2D eigenvalue weighted by atomic mass is 15.2. The average Bonchev–Trinajstić information content (AvgIpc) is 2.53. The Kier molecular flexibility index (Phi) is 6.90. The van der Waals surface area contributed by atoms with Crippen molar-refractivity contribution in [2.45, 2.75) is 19.3 Å². The lowest BCUT2D eigenvalue weighted by Crippen LogP contribution is -2.28. The summed E-state index contributed by atoms with van der Waals surface area (Å²) in [5.41, 5.74) is 1.13. The molecule has 0 N–H and O–H groups in total. The minimum atomic E-state index is 1.03. The summed E-state index contributed by atoms with van der Waals surface area (Å²) in [7, 11) is 2.21. The van der Waals surface area contributed by atoms with Crippen LogP contribution >= 0.6 is 0 Å². The van der Waals surface area contributed by atoms with Gasteiger partial charge >= 0.3 is 0 Å². The van der Waals surface area contributed by atoms with Crippen molar-refractivity contribution < 1.29 is 0 Å². The monoisotopic (exact) mass is 234 g/mol. The SMILES string of the molecule is C=CC(=C)CC/C=C\CN1CCCN(C)CC1. The van der Waals surface area contributed by atoms with Crippen LogP contribution in [0.3, 0.4) is 0 Å². The summed E-state index contributed by atoms with van der Waals surface area (Å²) in [6.45, 7) is 13.6. The van der Waals surface area contributed by atoms with Crippen LogP contribution in [0.2, 0.25) is 0 Å². The van der Waals surface area contributed by atoms with Crippen molar-refractivity contribution in [1.29, 1.82) is 0 Å². The molecule has 0 atom stereocenters. The number of hydrogen-bond acceptors (Lipinski definition) is 2. The smallest absolute Gasteiger partial charge is 0.0163 e. The van der Waals surface area contributed by atoms with E-state index in [9.17, 15) is 0 Å². The minimum absolute atomic E-state index is 1.03. The first-order chi connectivity index (χ1) is 8.22. The molecule has 0 radical (unpaired) electrons. The Bertz CT molecular complexity index is 268. The molecule has 0 aliphatic carbocycles. The summed E-state index contributed by atoms with van der Waals surface area (Å²) in [6, 6.07) is 0. The fourth-order valence-corrected chi connectivity index (χ4v) is 1.99. The summed E-state index contributed by atoms with van der Waals surface area (Å²) >= 11 is 0. The molecule has 0 bridgehead atoms. The van der Waals surface area contributed by atoms with E-state index in [0.717, 1.165) is 25.0 Å². The Hall–Kier alpha value is -0.860. The Labute approximate surface area is 106 Å². The number of rotatable bonds is 6. The fourth-order valence-electron chi connectivity index (χ4n) is 1.99. The van der Waals surface area contributed by atoms with E-state index in [1.54, 1.807) is 0 Å². The predicted molar refractivity (Wildman–Crippen MR) is 76.3 cm³/mol. The molecule has 96 valence electrons.